The van der Waals surface area contributed by atoms with Crippen molar-refractivity contribution in [3.05, 3.63) is 35.2 Å². The fourth-order valence-corrected chi connectivity index (χ4v) is 3.23. The van der Waals surface area contributed by atoms with Crippen LogP contribution in [0.1, 0.15) is 18.4 Å². The zero-order valence-corrected chi connectivity index (χ0v) is 12.9. The van der Waals surface area contributed by atoms with E-state index in [-0.39, 0.29) is 5.91 Å². The molecule has 0 bridgehead atoms. The van der Waals surface area contributed by atoms with Gasteiger partial charge in [0.1, 0.15) is 0 Å². The highest BCUT2D eigenvalue weighted by Crippen LogP contribution is 2.25. The number of hydrogen-bond donors (Lipinski definition) is 1. The van der Waals surface area contributed by atoms with E-state index in [1.807, 2.05) is 5.38 Å². The summed E-state index contributed by atoms with van der Waals surface area (Å²) in [6.07, 6.45) is 2.39. The van der Waals surface area contributed by atoms with Gasteiger partial charge in [-0.2, -0.15) is 0 Å². The monoisotopic (exact) mass is 301 g/mol. The van der Waals surface area contributed by atoms with Gasteiger partial charge >= 0.3 is 0 Å². The maximum atomic E-state index is 12.0. The lowest BCUT2D eigenvalue weighted by Crippen LogP contribution is -2.30. The molecular formula is C16H19N3OS. The molecule has 1 aliphatic heterocycles. The Morgan fingerprint density at radius 2 is 2.00 bits per heavy atom. The zero-order chi connectivity index (χ0) is 14.7. The third kappa shape index (κ3) is 3.68. The van der Waals surface area contributed by atoms with Crippen LogP contribution in [0, 0.1) is 6.92 Å². The summed E-state index contributed by atoms with van der Waals surface area (Å²) in [5.41, 5.74) is 3.22. The van der Waals surface area contributed by atoms with Crippen molar-refractivity contribution >= 4 is 22.4 Å². The fraction of sp³-hybridized carbons (Fsp3) is 0.375. The summed E-state index contributed by atoms with van der Waals surface area (Å²) < 4.78 is 0. The van der Waals surface area contributed by atoms with E-state index in [9.17, 15) is 4.79 Å². The molecule has 2 aromatic rings. The van der Waals surface area contributed by atoms with E-state index in [4.69, 9.17) is 0 Å². The number of likely N-dealkylation sites (tertiary alicyclic amines) is 1. The van der Waals surface area contributed by atoms with E-state index in [0.717, 1.165) is 24.3 Å². The first-order valence-electron chi connectivity index (χ1n) is 7.25. The second-order valence-corrected chi connectivity index (χ2v) is 6.29. The largest absolute Gasteiger partial charge is 0.301 e. The molecule has 0 saturated carbocycles. The highest BCUT2D eigenvalue weighted by molar-refractivity contribution is 7.14. The van der Waals surface area contributed by atoms with Crippen molar-refractivity contribution in [1.29, 1.82) is 0 Å². The minimum atomic E-state index is 0.0294. The summed E-state index contributed by atoms with van der Waals surface area (Å²) in [6.45, 7) is 4.59. The fourth-order valence-electron chi connectivity index (χ4n) is 2.49. The number of nitrogens with one attached hydrogen (secondary N) is 1. The molecule has 1 saturated heterocycles. The van der Waals surface area contributed by atoms with Crippen LogP contribution in [-0.2, 0) is 4.79 Å². The topological polar surface area (TPSA) is 45.2 Å². The van der Waals surface area contributed by atoms with Crippen molar-refractivity contribution < 1.29 is 4.79 Å². The van der Waals surface area contributed by atoms with Crippen LogP contribution >= 0.6 is 11.3 Å². The first kappa shape index (κ1) is 14.2. The molecule has 1 fully saturated rings. The van der Waals surface area contributed by atoms with Crippen LogP contribution in [-0.4, -0.2) is 35.4 Å². The van der Waals surface area contributed by atoms with E-state index in [1.54, 1.807) is 0 Å². The van der Waals surface area contributed by atoms with Gasteiger partial charge in [-0.25, -0.2) is 4.98 Å². The summed E-state index contributed by atoms with van der Waals surface area (Å²) >= 11 is 1.47. The Hall–Kier alpha value is -1.72. The normalized spacial score (nSPS) is 15.3. The summed E-state index contributed by atoms with van der Waals surface area (Å²) in [7, 11) is 0. The third-order valence-electron chi connectivity index (χ3n) is 3.66. The van der Waals surface area contributed by atoms with Crippen LogP contribution in [0.25, 0.3) is 11.3 Å². The lowest BCUT2D eigenvalue weighted by atomic mass is 10.1. The van der Waals surface area contributed by atoms with E-state index in [0.29, 0.717) is 11.7 Å². The number of carbonyl (C=O) groups excluding carboxylic acids is 1. The van der Waals surface area contributed by atoms with Gasteiger partial charge in [0.05, 0.1) is 12.2 Å². The third-order valence-corrected chi connectivity index (χ3v) is 4.42. The molecule has 0 aliphatic carbocycles. The van der Waals surface area contributed by atoms with Crippen molar-refractivity contribution in [3.63, 3.8) is 0 Å². The lowest BCUT2D eigenvalue weighted by Gasteiger charge is -2.12. The van der Waals surface area contributed by atoms with Crippen LogP contribution in [0.4, 0.5) is 5.13 Å². The number of anilines is 1. The Balaban J connectivity index is 1.61. The molecule has 3 rings (SSSR count). The van der Waals surface area contributed by atoms with Crippen LogP contribution in [0.3, 0.4) is 0 Å². The summed E-state index contributed by atoms with van der Waals surface area (Å²) in [5, 5.41) is 5.56. The maximum Gasteiger partial charge on any atom is 0.240 e. The molecule has 1 amide bonds. The second kappa shape index (κ2) is 6.37. The predicted molar refractivity (Wildman–Crippen MR) is 86.6 cm³/mol. The van der Waals surface area contributed by atoms with Crippen molar-refractivity contribution in [2.45, 2.75) is 19.8 Å². The SMILES string of the molecule is Cc1ccc(-c2csc(NC(=O)CN3CCCC3)n2)cc1. The Kier molecular flexibility index (Phi) is 4.31. The molecule has 1 N–H and O–H groups in total. The molecule has 0 atom stereocenters. The molecule has 110 valence electrons. The molecule has 2 heterocycles. The highest BCUT2D eigenvalue weighted by atomic mass is 32.1. The number of amides is 1. The molecule has 0 unspecified atom stereocenters. The number of benzene rings is 1. The van der Waals surface area contributed by atoms with E-state index >= 15 is 0 Å². The Bertz CT molecular complexity index is 615. The molecule has 1 aromatic heterocycles. The number of nitrogens with zero attached hydrogens (tertiary/aromatic N) is 2. The van der Waals surface area contributed by atoms with Crippen molar-refractivity contribution in [2.75, 3.05) is 25.0 Å². The average molecular weight is 301 g/mol. The van der Waals surface area contributed by atoms with Crippen LogP contribution in [0.15, 0.2) is 29.6 Å². The maximum absolute atomic E-state index is 12.0. The van der Waals surface area contributed by atoms with Gasteiger partial charge in [-0.3, -0.25) is 9.69 Å². The molecule has 0 radical (unpaired) electrons. The molecule has 0 spiro atoms. The van der Waals surface area contributed by atoms with Gasteiger partial charge in [-0.1, -0.05) is 29.8 Å². The summed E-state index contributed by atoms with van der Waals surface area (Å²) in [6, 6.07) is 8.25. The lowest BCUT2D eigenvalue weighted by molar-refractivity contribution is -0.117. The number of carbonyl (C=O) groups is 1. The first-order chi connectivity index (χ1) is 10.2. The number of hydrogen-bond acceptors (Lipinski definition) is 4. The minimum Gasteiger partial charge on any atom is -0.301 e. The van der Waals surface area contributed by atoms with Crippen molar-refractivity contribution in [1.82, 2.24) is 9.88 Å². The second-order valence-electron chi connectivity index (χ2n) is 5.44. The first-order valence-corrected chi connectivity index (χ1v) is 8.13. The smallest absolute Gasteiger partial charge is 0.240 e. The minimum absolute atomic E-state index is 0.0294. The van der Waals surface area contributed by atoms with Gasteiger partial charge < -0.3 is 5.32 Å². The van der Waals surface area contributed by atoms with Gasteiger partial charge in [0, 0.05) is 10.9 Å². The molecule has 1 aliphatic rings. The van der Waals surface area contributed by atoms with E-state index in [2.05, 4.69) is 46.4 Å². The predicted octanol–water partition coefficient (Wildman–Crippen LogP) is 3.15. The van der Waals surface area contributed by atoms with E-state index < -0.39 is 0 Å². The molecule has 5 heteroatoms. The van der Waals surface area contributed by atoms with Crippen LogP contribution < -0.4 is 5.32 Å². The molecule has 4 nitrogen and oxygen atoms in total. The van der Waals surface area contributed by atoms with E-state index in [1.165, 1.54) is 29.7 Å². The Morgan fingerprint density at radius 1 is 1.29 bits per heavy atom. The van der Waals surface area contributed by atoms with Crippen LogP contribution in [0.2, 0.25) is 0 Å². The van der Waals surface area contributed by atoms with Crippen LogP contribution in [0.5, 0.6) is 0 Å². The average Bonchev–Trinajstić information content (AvgIpc) is 3.11. The van der Waals surface area contributed by atoms with Crippen molar-refractivity contribution in [3.8, 4) is 11.3 Å². The number of rotatable bonds is 4. The van der Waals surface area contributed by atoms with Gasteiger partial charge in [0.2, 0.25) is 5.91 Å². The van der Waals surface area contributed by atoms with Gasteiger partial charge in [-0.15, -0.1) is 11.3 Å². The molecule has 21 heavy (non-hydrogen) atoms. The molecule has 1 aromatic carbocycles. The van der Waals surface area contributed by atoms with Gasteiger partial charge in [-0.05, 0) is 32.9 Å². The quantitative estimate of drug-likeness (QED) is 0.943. The molecular weight excluding hydrogens is 282 g/mol. The number of aryl methyl sites for hydroxylation is 1. The number of thiazole rings is 1. The summed E-state index contributed by atoms with van der Waals surface area (Å²) in [4.78, 5) is 18.6. The van der Waals surface area contributed by atoms with Gasteiger partial charge in [0.15, 0.2) is 5.13 Å². The zero-order valence-electron chi connectivity index (χ0n) is 12.1. The Labute approximate surface area is 128 Å². The summed E-state index contributed by atoms with van der Waals surface area (Å²) in [5.74, 6) is 0.0294. The Morgan fingerprint density at radius 3 is 2.71 bits per heavy atom. The standard InChI is InChI=1S/C16H19N3OS/c1-12-4-6-13(7-5-12)14-11-21-16(17-14)18-15(20)10-19-8-2-3-9-19/h4-7,11H,2-3,8-10H2,1H3,(H,17,18,20). The van der Waals surface area contributed by atoms with Gasteiger partial charge in [0.25, 0.3) is 0 Å². The van der Waals surface area contributed by atoms with Crippen molar-refractivity contribution in [2.24, 2.45) is 0 Å². The highest BCUT2D eigenvalue weighted by Gasteiger charge is 2.16. The number of aromatic nitrogens is 1.